The van der Waals surface area contributed by atoms with Gasteiger partial charge in [0.05, 0.1) is 0 Å². The molecule has 16 heavy (non-hydrogen) atoms. The quantitative estimate of drug-likeness (QED) is 0.537. The molecular formula is C15H16O. The van der Waals surface area contributed by atoms with Crippen LogP contribution in [0.25, 0.3) is 0 Å². The Morgan fingerprint density at radius 1 is 1.31 bits per heavy atom. The number of hydrogen-bond acceptors (Lipinski definition) is 1. The molecule has 1 nitrogen and oxygen atoms in total. The Labute approximate surface area is 96.8 Å². The van der Waals surface area contributed by atoms with Gasteiger partial charge in [0, 0.05) is 5.56 Å². The van der Waals surface area contributed by atoms with Crippen LogP contribution in [0.3, 0.4) is 0 Å². The molecular weight excluding hydrogens is 196 g/mol. The molecule has 0 spiro atoms. The molecule has 82 valence electrons. The van der Waals surface area contributed by atoms with Crippen molar-refractivity contribution in [2.24, 2.45) is 0 Å². The van der Waals surface area contributed by atoms with Crippen molar-refractivity contribution in [1.82, 2.24) is 0 Å². The average Bonchev–Trinajstić information content (AvgIpc) is 2.30. The van der Waals surface area contributed by atoms with Crippen molar-refractivity contribution in [3.63, 3.8) is 0 Å². The summed E-state index contributed by atoms with van der Waals surface area (Å²) in [6.45, 7) is 5.66. The molecule has 0 aliphatic heterocycles. The maximum atomic E-state index is 10.8. The van der Waals surface area contributed by atoms with Crippen molar-refractivity contribution >= 4 is 6.29 Å². The number of rotatable bonds is 5. The van der Waals surface area contributed by atoms with Gasteiger partial charge >= 0.3 is 0 Å². The average molecular weight is 212 g/mol. The zero-order valence-electron chi connectivity index (χ0n) is 9.52. The molecule has 0 bridgehead atoms. The van der Waals surface area contributed by atoms with E-state index in [2.05, 4.69) is 13.5 Å². The Bertz CT molecular complexity index is 425. The molecule has 0 heterocycles. The molecule has 0 saturated heterocycles. The number of carbonyl (C=O) groups is 1. The maximum Gasteiger partial charge on any atom is 0.150 e. The van der Waals surface area contributed by atoms with Gasteiger partial charge < -0.3 is 0 Å². The second kappa shape index (κ2) is 6.57. The fourth-order valence-corrected chi connectivity index (χ4v) is 1.47. The van der Waals surface area contributed by atoms with E-state index in [0.29, 0.717) is 0 Å². The number of hydrogen-bond donors (Lipinski definition) is 0. The molecule has 0 atom stereocenters. The molecule has 0 N–H and O–H groups in total. The minimum Gasteiger partial charge on any atom is -0.298 e. The van der Waals surface area contributed by atoms with E-state index in [-0.39, 0.29) is 0 Å². The summed E-state index contributed by atoms with van der Waals surface area (Å²) in [6.07, 6.45) is 9.31. The van der Waals surface area contributed by atoms with Crippen molar-refractivity contribution in [1.29, 1.82) is 0 Å². The van der Waals surface area contributed by atoms with Crippen LogP contribution >= 0.6 is 0 Å². The molecule has 0 aliphatic rings. The molecule has 0 aliphatic carbocycles. The van der Waals surface area contributed by atoms with Crippen LogP contribution in [0.5, 0.6) is 0 Å². The van der Waals surface area contributed by atoms with Crippen molar-refractivity contribution in [3.8, 4) is 0 Å². The van der Waals surface area contributed by atoms with E-state index in [4.69, 9.17) is 0 Å². The second-order valence-electron chi connectivity index (χ2n) is 3.63. The van der Waals surface area contributed by atoms with Gasteiger partial charge in [-0.15, -0.1) is 0 Å². The summed E-state index contributed by atoms with van der Waals surface area (Å²) in [5, 5.41) is 0. The molecule has 0 saturated carbocycles. The van der Waals surface area contributed by atoms with Crippen LogP contribution in [0.1, 0.15) is 22.8 Å². The zero-order valence-corrected chi connectivity index (χ0v) is 9.52. The van der Waals surface area contributed by atoms with Crippen LogP contribution in [0.4, 0.5) is 0 Å². The lowest BCUT2D eigenvalue weighted by Gasteiger charge is -2.03. The number of carbonyl (C=O) groups excluding carboxylic acids is 1. The molecule has 0 amide bonds. The minimum atomic E-state index is 0.767. The topological polar surface area (TPSA) is 17.1 Å². The predicted molar refractivity (Wildman–Crippen MR) is 68.6 cm³/mol. The van der Waals surface area contributed by atoms with Gasteiger partial charge in [-0.05, 0) is 18.9 Å². The first-order chi connectivity index (χ1) is 7.77. The van der Waals surface area contributed by atoms with Gasteiger partial charge in [0.15, 0.2) is 0 Å². The molecule has 0 unspecified atom stereocenters. The van der Waals surface area contributed by atoms with Crippen LogP contribution in [0.15, 0.2) is 60.7 Å². The third-order valence-electron chi connectivity index (χ3n) is 2.28. The predicted octanol–water partition coefficient (Wildman–Crippen LogP) is 3.73. The van der Waals surface area contributed by atoms with Crippen molar-refractivity contribution in [3.05, 3.63) is 71.8 Å². The zero-order chi connectivity index (χ0) is 11.8. The van der Waals surface area contributed by atoms with E-state index in [1.165, 1.54) is 5.57 Å². The van der Waals surface area contributed by atoms with Crippen LogP contribution in [0.2, 0.25) is 0 Å². The summed E-state index contributed by atoms with van der Waals surface area (Å²) in [5.41, 5.74) is 3.05. The van der Waals surface area contributed by atoms with Crippen molar-refractivity contribution in [2.75, 3.05) is 0 Å². The number of aldehydes is 1. The van der Waals surface area contributed by atoms with Crippen LogP contribution in [-0.4, -0.2) is 6.29 Å². The fraction of sp³-hybridized carbons (Fsp3) is 0.133. The van der Waals surface area contributed by atoms with E-state index in [1.54, 1.807) is 6.08 Å². The normalized spacial score (nSPS) is 11.7. The number of benzene rings is 1. The van der Waals surface area contributed by atoms with Crippen molar-refractivity contribution in [2.45, 2.75) is 13.3 Å². The largest absolute Gasteiger partial charge is 0.298 e. The first-order valence-corrected chi connectivity index (χ1v) is 5.26. The third-order valence-corrected chi connectivity index (χ3v) is 2.28. The summed E-state index contributed by atoms with van der Waals surface area (Å²) >= 11 is 0. The van der Waals surface area contributed by atoms with Gasteiger partial charge in [-0.2, -0.15) is 0 Å². The molecule has 0 radical (unpaired) electrons. The van der Waals surface area contributed by atoms with Crippen LogP contribution in [0, 0.1) is 0 Å². The van der Waals surface area contributed by atoms with Gasteiger partial charge in [-0.25, -0.2) is 0 Å². The molecule has 1 aromatic rings. The molecule has 1 rings (SSSR count). The maximum absolute atomic E-state index is 10.8. The Hall–Kier alpha value is -1.89. The Morgan fingerprint density at radius 2 is 2.06 bits per heavy atom. The van der Waals surface area contributed by atoms with Gasteiger partial charge in [0.1, 0.15) is 6.29 Å². The first kappa shape index (κ1) is 12.2. The third kappa shape index (κ3) is 3.70. The van der Waals surface area contributed by atoms with Gasteiger partial charge in [-0.1, -0.05) is 60.7 Å². The highest BCUT2D eigenvalue weighted by atomic mass is 16.1. The van der Waals surface area contributed by atoms with Gasteiger partial charge in [-0.3, -0.25) is 4.79 Å². The molecule has 1 aromatic carbocycles. The SMILES string of the molecule is C=C/C=C\C=C(/C)Cc1ccccc1C=O. The van der Waals surface area contributed by atoms with E-state index >= 15 is 0 Å². The van der Waals surface area contributed by atoms with Gasteiger partial charge in [0.25, 0.3) is 0 Å². The van der Waals surface area contributed by atoms with Crippen LogP contribution in [-0.2, 0) is 6.42 Å². The standard InChI is InChI=1S/C15H16O/c1-3-4-5-8-13(2)11-14-9-6-7-10-15(14)12-16/h3-10,12H,1,11H2,2H3/b5-4-,13-8+. The first-order valence-electron chi connectivity index (χ1n) is 5.26. The monoisotopic (exact) mass is 212 g/mol. The summed E-state index contributed by atoms with van der Waals surface area (Å²) in [7, 11) is 0. The van der Waals surface area contributed by atoms with Crippen LogP contribution < -0.4 is 0 Å². The van der Waals surface area contributed by atoms with E-state index in [9.17, 15) is 4.79 Å². The molecule has 0 aromatic heterocycles. The fourth-order valence-electron chi connectivity index (χ4n) is 1.47. The smallest absolute Gasteiger partial charge is 0.150 e. The molecule has 0 fully saturated rings. The summed E-state index contributed by atoms with van der Waals surface area (Å²) < 4.78 is 0. The Morgan fingerprint density at radius 3 is 2.75 bits per heavy atom. The highest BCUT2D eigenvalue weighted by molar-refractivity contribution is 5.77. The second-order valence-corrected chi connectivity index (χ2v) is 3.63. The summed E-state index contributed by atoms with van der Waals surface area (Å²) in [5.74, 6) is 0. The lowest BCUT2D eigenvalue weighted by atomic mass is 10.0. The Balaban J connectivity index is 2.79. The van der Waals surface area contributed by atoms with E-state index < -0.39 is 0 Å². The highest BCUT2D eigenvalue weighted by Crippen LogP contribution is 2.11. The lowest BCUT2D eigenvalue weighted by Crippen LogP contribution is -1.93. The summed E-state index contributed by atoms with van der Waals surface area (Å²) in [6, 6.07) is 7.66. The van der Waals surface area contributed by atoms with E-state index in [0.717, 1.165) is 23.8 Å². The summed E-state index contributed by atoms with van der Waals surface area (Å²) in [4.78, 5) is 10.8. The molecule has 1 heteroatoms. The number of allylic oxidation sites excluding steroid dienone is 5. The van der Waals surface area contributed by atoms with Crippen molar-refractivity contribution < 1.29 is 4.79 Å². The minimum absolute atomic E-state index is 0.767. The Kier molecular flexibility index (Phi) is 5.00. The van der Waals surface area contributed by atoms with E-state index in [1.807, 2.05) is 42.5 Å². The van der Waals surface area contributed by atoms with Gasteiger partial charge in [0.2, 0.25) is 0 Å². The highest BCUT2D eigenvalue weighted by Gasteiger charge is 2.00. The lowest BCUT2D eigenvalue weighted by molar-refractivity contribution is 0.112.